The minimum absolute atomic E-state index is 0.00117. The molecule has 0 aromatic carbocycles. The predicted molar refractivity (Wildman–Crippen MR) is 106 cm³/mol. The van der Waals surface area contributed by atoms with E-state index in [0.29, 0.717) is 5.56 Å². The maximum absolute atomic E-state index is 12.6. The third kappa shape index (κ3) is 4.79. The third-order valence-corrected chi connectivity index (χ3v) is 5.41. The van der Waals surface area contributed by atoms with Crippen molar-refractivity contribution in [1.29, 1.82) is 0 Å². The molecule has 0 unspecified atom stereocenters. The second kappa shape index (κ2) is 9.13. The van der Waals surface area contributed by atoms with Crippen LogP contribution >= 0.6 is 27.3 Å². The minimum Gasteiger partial charge on any atom is -0.462 e. The standard InChI is InChI=1S/C16H17BrN4O7S/c1-5-27-16(24)11-7(4)8(15(23)28-6(2)3)14(29-11)18-13(22)10-9(17)12(20-19-10)21(25)26/h6H,5H2,1-4H3,(H,18,22)(H,19,20). The number of nitrogens with zero attached hydrogens (tertiary/aromatic N) is 2. The van der Waals surface area contributed by atoms with Crippen molar-refractivity contribution in [3.63, 3.8) is 0 Å². The summed E-state index contributed by atoms with van der Waals surface area (Å²) in [6, 6.07) is 0. The molecule has 13 heteroatoms. The molecule has 0 bridgehead atoms. The number of esters is 2. The van der Waals surface area contributed by atoms with Crippen molar-refractivity contribution >= 4 is 55.9 Å². The molecule has 0 saturated carbocycles. The zero-order valence-corrected chi connectivity index (χ0v) is 18.2. The van der Waals surface area contributed by atoms with Crippen molar-refractivity contribution in [2.75, 3.05) is 11.9 Å². The summed E-state index contributed by atoms with van der Waals surface area (Å²) in [6.07, 6.45) is -0.431. The molecular weight excluding hydrogens is 472 g/mol. The van der Waals surface area contributed by atoms with Gasteiger partial charge < -0.3 is 24.9 Å². The fourth-order valence-corrected chi connectivity index (χ4v) is 3.85. The van der Waals surface area contributed by atoms with E-state index in [4.69, 9.17) is 9.47 Å². The molecule has 0 atom stereocenters. The molecule has 2 rings (SSSR count). The Hall–Kier alpha value is -2.80. The fraction of sp³-hybridized carbons (Fsp3) is 0.375. The van der Waals surface area contributed by atoms with Crippen molar-refractivity contribution in [2.45, 2.75) is 33.8 Å². The van der Waals surface area contributed by atoms with Crippen LogP contribution in [0.5, 0.6) is 0 Å². The van der Waals surface area contributed by atoms with Gasteiger partial charge in [0.25, 0.3) is 5.91 Å². The molecular formula is C16H17BrN4O7S. The lowest BCUT2D eigenvalue weighted by atomic mass is 10.1. The van der Waals surface area contributed by atoms with E-state index in [-0.39, 0.29) is 32.2 Å². The van der Waals surface area contributed by atoms with Gasteiger partial charge in [-0.05, 0) is 54.1 Å². The second-order valence-corrected chi connectivity index (χ2v) is 7.69. The highest BCUT2D eigenvalue weighted by molar-refractivity contribution is 9.10. The van der Waals surface area contributed by atoms with Gasteiger partial charge in [0, 0.05) is 0 Å². The van der Waals surface area contributed by atoms with Gasteiger partial charge in [0.05, 0.1) is 18.3 Å². The number of thiophene rings is 1. The van der Waals surface area contributed by atoms with E-state index in [0.717, 1.165) is 11.3 Å². The fourth-order valence-electron chi connectivity index (χ4n) is 2.26. The van der Waals surface area contributed by atoms with Gasteiger partial charge in [-0.3, -0.25) is 4.79 Å². The number of carbonyl (C=O) groups excluding carboxylic acids is 3. The zero-order chi connectivity index (χ0) is 21.9. The summed E-state index contributed by atoms with van der Waals surface area (Å²) in [6.45, 7) is 6.62. The van der Waals surface area contributed by atoms with Crippen LogP contribution in [0.15, 0.2) is 4.47 Å². The Morgan fingerprint density at radius 1 is 1.34 bits per heavy atom. The van der Waals surface area contributed by atoms with Gasteiger partial charge in [0.15, 0.2) is 5.69 Å². The third-order valence-electron chi connectivity index (χ3n) is 3.47. The van der Waals surface area contributed by atoms with E-state index >= 15 is 0 Å². The van der Waals surface area contributed by atoms with Gasteiger partial charge in [-0.25, -0.2) is 9.59 Å². The van der Waals surface area contributed by atoms with Gasteiger partial charge >= 0.3 is 17.8 Å². The van der Waals surface area contributed by atoms with Crippen molar-refractivity contribution in [1.82, 2.24) is 10.2 Å². The van der Waals surface area contributed by atoms with E-state index in [1.54, 1.807) is 20.8 Å². The maximum atomic E-state index is 12.6. The highest BCUT2D eigenvalue weighted by atomic mass is 79.9. The average Bonchev–Trinajstić information content (AvgIpc) is 3.14. The number of rotatable bonds is 7. The number of aromatic nitrogens is 2. The first kappa shape index (κ1) is 22.5. The summed E-state index contributed by atoms with van der Waals surface area (Å²) < 4.78 is 10.0. The maximum Gasteiger partial charge on any atom is 0.357 e. The number of hydrogen-bond donors (Lipinski definition) is 2. The largest absolute Gasteiger partial charge is 0.462 e. The van der Waals surface area contributed by atoms with Gasteiger partial charge in [-0.2, -0.15) is 0 Å². The number of amides is 1. The number of ether oxygens (including phenoxy) is 2. The van der Waals surface area contributed by atoms with Crippen LogP contribution in [-0.2, 0) is 9.47 Å². The van der Waals surface area contributed by atoms with Crippen LogP contribution in [0.1, 0.15) is 56.9 Å². The average molecular weight is 489 g/mol. The van der Waals surface area contributed by atoms with E-state index < -0.39 is 34.7 Å². The number of nitrogens with one attached hydrogen (secondary N) is 2. The first-order valence-corrected chi connectivity index (χ1v) is 9.90. The molecule has 0 spiro atoms. The topological polar surface area (TPSA) is 154 Å². The smallest absolute Gasteiger partial charge is 0.357 e. The molecule has 156 valence electrons. The Morgan fingerprint density at radius 3 is 2.52 bits per heavy atom. The van der Waals surface area contributed by atoms with E-state index in [9.17, 15) is 24.5 Å². The molecule has 1 amide bonds. The summed E-state index contributed by atoms with van der Waals surface area (Å²) in [5.41, 5.74) is 0.00588. The van der Waals surface area contributed by atoms with Gasteiger partial charge in [0.2, 0.25) is 0 Å². The van der Waals surface area contributed by atoms with Crippen LogP contribution in [0.2, 0.25) is 0 Å². The molecule has 2 aromatic heterocycles. The van der Waals surface area contributed by atoms with Crippen molar-refractivity contribution in [2.24, 2.45) is 0 Å². The number of aromatic amines is 1. The van der Waals surface area contributed by atoms with Crippen LogP contribution in [0, 0.1) is 17.0 Å². The molecule has 0 aliphatic carbocycles. The quantitative estimate of drug-likeness (QED) is 0.341. The Morgan fingerprint density at radius 2 is 2.00 bits per heavy atom. The molecule has 0 saturated heterocycles. The normalized spacial score (nSPS) is 10.7. The van der Waals surface area contributed by atoms with Crippen LogP contribution in [-0.4, -0.2) is 45.7 Å². The van der Waals surface area contributed by atoms with E-state index in [1.165, 1.54) is 6.92 Å². The highest BCUT2D eigenvalue weighted by Gasteiger charge is 2.30. The Labute approximate surface area is 177 Å². The highest BCUT2D eigenvalue weighted by Crippen LogP contribution is 2.35. The van der Waals surface area contributed by atoms with Crippen molar-refractivity contribution < 1.29 is 28.8 Å². The SMILES string of the molecule is CCOC(=O)c1sc(NC(=O)c2n[nH]c([N+](=O)[O-])c2Br)c(C(=O)OC(C)C)c1C. The lowest BCUT2D eigenvalue weighted by Crippen LogP contribution is -2.17. The number of carbonyl (C=O) groups is 3. The lowest BCUT2D eigenvalue weighted by Gasteiger charge is -2.10. The molecule has 29 heavy (non-hydrogen) atoms. The molecule has 11 nitrogen and oxygen atoms in total. The Kier molecular flexibility index (Phi) is 7.08. The Bertz CT molecular complexity index is 982. The molecule has 0 fully saturated rings. The zero-order valence-electron chi connectivity index (χ0n) is 15.8. The van der Waals surface area contributed by atoms with E-state index in [2.05, 4.69) is 31.4 Å². The summed E-state index contributed by atoms with van der Waals surface area (Å²) >= 11 is 3.79. The number of nitro groups is 1. The predicted octanol–water partition coefficient (Wildman–Crippen LogP) is 3.44. The molecule has 0 aliphatic rings. The Balaban J connectivity index is 2.46. The van der Waals surface area contributed by atoms with Crippen molar-refractivity contribution in [3.05, 3.63) is 36.3 Å². The number of H-pyrrole nitrogens is 1. The van der Waals surface area contributed by atoms with Gasteiger partial charge in [-0.15, -0.1) is 16.4 Å². The molecule has 0 radical (unpaired) electrons. The summed E-state index contributed by atoms with van der Waals surface area (Å²) in [4.78, 5) is 47.6. The number of hydrogen-bond acceptors (Lipinski definition) is 9. The van der Waals surface area contributed by atoms with Crippen LogP contribution < -0.4 is 5.32 Å². The summed E-state index contributed by atoms with van der Waals surface area (Å²) in [5.74, 6) is -2.70. The number of anilines is 1. The van der Waals surface area contributed by atoms with Crippen LogP contribution in [0.3, 0.4) is 0 Å². The van der Waals surface area contributed by atoms with Gasteiger partial charge in [0.1, 0.15) is 14.4 Å². The van der Waals surface area contributed by atoms with E-state index in [1.807, 2.05) is 0 Å². The summed E-state index contributed by atoms with van der Waals surface area (Å²) in [7, 11) is 0. The van der Waals surface area contributed by atoms with Crippen LogP contribution in [0.4, 0.5) is 10.8 Å². The number of halogens is 1. The monoisotopic (exact) mass is 488 g/mol. The minimum atomic E-state index is -0.823. The van der Waals surface area contributed by atoms with Crippen molar-refractivity contribution in [3.8, 4) is 0 Å². The van der Waals surface area contributed by atoms with Gasteiger partial charge in [-0.1, -0.05) is 5.10 Å². The lowest BCUT2D eigenvalue weighted by molar-refractivity contribution is -0.390. The second-order valence-electron chi connectivity index (χ2n) is 5.88. The molecule has 2 heterocycles. The molecule has 0 aliphatic heterocycles. The van der Waals surface area contributed by atoms with Crippen LogP contribution in [0.25, 0.3) is 0 Å². The molecule has 2 aromatic rings. The first-order valence-electron chi connectivity index (χ1n) is 8.29. The first-order chi connectivity index (χ1) is 13.6. The molecule has 2 N–H and O–H groups in total. The summed E-state index contributed by atoms with van der Waals surface area (Å²) in [5, 5.41) is 19.2.